The summed E-state index contributed by atoms with van der Waals surface area (Å²) >= 11 is 1.31. The SMILES string of the molecule is Cc1sc(NS(=O)(=O)c2ccccc2)nc1-c1ccncc1. The van der Waals surface area contributed by atoms with Crippen LogP contribution < -0.4 is 4.72 Å². The van der Waals surface area contributed by atoms with Crippen molar-refractivity contribution >= 4 is 26.5 Å². The molecule has 1 N–H and O–H groups in total. The van der Waals surface area contributed by atoms with Gasteiger partial charge in [0.25, 0.3) is 10.0 Å². The second-order valence-electron chi connectivity index (χ2n) is 4.58. The van der Waals surface area contributed by atoms with Crippen molar-refractivity contribution in [3.8, 4) is 11.3 Å². The molecule has 5 nitrogen and oxygen atoms in total. The Morgan fingerprint density at radius 1 is 1.05 bits per heavy atom. The summed E-state index contributed by atoms with van der Waals surface area (Å²) in [5.41, 5.74) is 1.67. The number of hydrogen-bond donors (Lipinski definition) is 1. The Morgan fingerprint density at radius 2 is 1.73 bits per heavy atom. The number of rotatable bonds is 4. The molecular weight excluding hydrogens is 318 g/mol. The van der Waals surface area contributed by atoms with Crippen LogP contribution in [0.3, 0.4) is 0 Å². The van der Waals surface area contributed by atoms with Gasteiger partial charge in [0.15, 0.2) is 5.13 Å². The van der Waals surface area contributed by atoms with Gasteiger partial charge in [0.2, 0.25) is 0 Å². The van der Waals surface area contributed by atoms with E-state index in [9.17, 15) is 8.42 Å². The quantitative estimate of drug-likeness (QED) is 0.796. The molecule has 0 fully saturated rings. The first kappa shape index (κ1) is 14.7. The van der Waals surface area contributed by atoms with Crippen LogP contribution in [0.2, 0.25) is 0 Å². The summed E-state index contributed by atoms with van der Waals surface area (Å²) in [5, 5.41) is 0.355. The third-order valence-electron chi connectivity index (χ3n) is 3.03. The molecule has 0 aliphatic rings. The van der Waals surface area contributed by atoms with Crippen LogP contribution in [0.25, 0.3) is 11.3 Å². The Hall–Kier alpha value is -2.25. The predicted octanol–water partition coefficient (Wildman–Crippen LogP) is 3.31. The van der Waals surface area contributed by atoms with Gasteiger partial charge in [-0.15, -0.1) is 11.3 Å². The largest absolute Gasteiger partial charge is 0.265 e. The van der Waals surface area contributed by atoms with Crippen LogP contribution in [-0.4, -0.2) is 18.4 Å². The number of benzene rings is 1. The molecule has 22 heavy (non-hydrogen) atoms. The second kappa shape index (κ2) is 5.86. The van der Waals surface area contributed by atoms with Crippen LogP contribution in [0.1, 0.15) is 4.88 Å². The molecule has 112 valence electrons. The summed E-state index contributed by atoms with van der Waals surface area (Å²) in [5.74, 6) is 0. The second-order valence-corrected chi connectivity index (χ2v) is 7.46. The molecule has 0 saturated heterocycles. The zero-order chi connectivity index (χ0) is 15.6. The fourth-order valence-corrected chi connectivity index (χ4v) is 4.08. The normalized spacial score (nSPS) is 11.3. The van der Waals surface area contributed by atoms with E-state index in [-0.39, 0.29) is 4.90 Å². The van der Waals surface area contributed by atoms with E-state index in [1.807, 2.05) is 19.1 Å². The summed E-state index contributed by atoms with van der Waals surface area (Å²) < 4.78 is 27.1. The van der Waals surface area contributed by atoms with Crippen molar-refractivity contribution in [3.63, 3.8) is 0 Å². The predicted molar refractivity (Wildman–Crippen MR) is 87.3 cm³/mol. The van der Waals surface area contributed by atoms with Crippen molar-refractivity contribution in [2.24, 2.45) is 0 Å². The number of nitrogens with zero attached hydrogens (tertiary/aromatic N) is 2. The molecule has 0 bridgehead atoms. The van der Waals surface area contributed by atoms with Gasteiger partial charge in [0.1, 0.15) is 0 Å². The fourth-order valence-electron chi connectivity index (χ4n) is 1.99. The van der Waals surface area contributed by atoms with E-state index in [1.165, 1.54) is 11.3 Å². The molecule has 0 atom stereocenters. The van der Waals surface area contributed by atoms with Crippen LogP contribution in [0.4, 0.5) is 5.13 Å². The number of nitrogens with one attached hydrogen (secondary N) is 1. The Balaban J connectivity index is 1.92. The molecule has 0 aliphatic heterocycles. The van der Waals surface area contributed by atoms with Crippen molar-refractivity contribution in [1.29, 1.82) is 0 Å². The number of aromatic nitrogens is 2. The third-order valence-corrected chi connectivity index (χ3v) is 5.40. The van der Waals surface area contributed by atoms with E-state index in [4.69, 9.17) is 0 Å². The summed E-state index contributed by atoms with van der Waals surface area (Å²) in [6, 6.07) is 11.9. The van der Waals surface area contributed by atoms with Crippen LogP contribution in [0.5, 0.6) is 0 Å². The minimum atomic E-state index is -3.61. The monoisotopic (exact) mass is 331 g/mol. The molecule has 3 aromatic rings. The number of thiazole rings is 1. The molecule has 7 heteroatoms. The number of sulfonamides is 1. The molecular formula is C15H13N3O2S2. The average Bonchev–Trinajstić information content (AvgIpc) is 2.89. The summed E-state index contributed by atoms with van der Waals surface area (Å²) in [4.78, 5) is 9.52. The van der Waals surface area contributed by atoms with E-state index in [2.05, 4.69) is 14.7 Å². The maximum Gasteiger partial charge on any atom is 0.263 e. The van der Waals surface area contributed by atoms with Crippen molar-refractivity contribution in [2.75, 3.05) is 4.72 Å². The van der Waals surface area contributed by atoms with E-state index < -0.39 is 10.0 Å². The minimum Gasteiger partial charge on any atom is -0.265 e. The van der Waals surface area contributed by atoms with Gasteiger partial charge in [0, 0.05) is 22.8 Å². The molecule has 0 aliphatic carbocycles. The van der Waals surface area contributed by atoms with Crippen LogP contribution in [0, 0.1) is 6.92 Å². The summed E-state index contributed by atoms with van der Waals surface area (Å²) in [7, 11) is -3.61. The highest BCUT2D eigenvalue weighted by molar-refractivity contribution is 7.93. The number of aryl methyl sites for hydroxylation is 1. The zero-order valence-corrected chi connectivity index (χ0v) is 13.4. The number of anilines is 1. The van der Waals surface area contributed by atoms with E-state index >= 15 is 0 Å². The molecule has 0 spiro atoms. The van der Waals surface area contributed by atoms with Crippen molar-refractivity contribution in [3.05, 3.63) is 59.7 Å². The van der Waals surface area contributed by atoms with Gasteiger partial charge in [0.05, 0.1) is 10.6 Å². The maximum atomic E-state index is 12.3. The van der Waals surface area contributed by atoms with E-state index in [0.29, 0.717) is 5.13 Å². The van der Waals surface area contributed by atoms with Gasteiger partial charge < -0.3 is 0 Å². The van der Waals surface area contributed by atoms with Gasteiger partial charge in [-0.05, 0) is 31.2 Å². The van der Waals surface area contributed by atoms with Crippen molar-refractivity contribution < 1.29 is 8.42 Å². The molecule has 2 heterocycles. The molecule has 0 radical (unpaired) electrons. The third kappa shape index (κ3) is 3.00. The van der Waals surface area contributed by atoms with E-state index in [1.54, 1.807) is 42.7 Å². The first-order chi connectivity index (χ1) is 10.6. The Kier molecular flexibility index (Phi) is 3.91. The van der Waals surface area contributed by atoms with Gasteiger partial charge in [-0.1, -0.05) is 18.2 Å². The fraction of sp³-hybridized carbons (Fsp3) is 0.0667. The lowest BCUT2D eigenvalue weighted by Crippen LogP contribution is -2.12. The Bertz CT molecular complexity index is 876. The Labute approximate surface area is 132 Å². The lowest BCUT2D eigenvalue weighted by molar-refractivity contribution is 0.601. The smallest absolute Gasteiger partial charge is 0.263 e. The highest BCUT2D eigenvalue weighted by Gasteiger charge is 2.17. The van der Waals surface area contributed by atoms with Crippen LogP contribution >= 0.6 is 11.3 Å². The van der Waals surface area contributed by atoms with Crippen molar-refractivity contribution in [1.82, 2.24) is 9.97 Å². The lowest BCUT2D eigenvalue weighted by Gasteiger charge is -2.04. The first-order valence-electron chi connectivity index (χ1n) is 6.52. The highest BCUT2D eigenvalue weighted by atomic mass is 32.2. The molecule has 1 aromatic carbocycles. The summed E-state index contributed by atoms with van der Waals surface area (Å²) in [6.07, 6.45) is 3.36. The topological polar surface area (TPSA) is 72.0 Å². The van der Waals surface area contributed by atoms with Gasteiger partial charge in [-0.3, -0.25) is 9.71 Å². The minimum absolute atomic E-state index is 0.216. The van der Waals surface area contributed by atoms with Gasteiger partial charge in [-0.2, -0.15) is 0 Å². The van der Waals surface area contributed by atoms with E-state index in [0.717, 1.165) is 16.1 Å². The summed E-state index contributed by atoms with van der Waals surface area (Å²) in [6.45, 7) is 1.91. The molecule has 0 saturated carbocycles. The highest BCUT2D eigenvalue weighted by Crippen LogP contribution is 2.31. The molecule has 0 amide bonds. The van der Waals surface area contributed by atoms with Gasteiger partial charge in [-0.25, -0.2) is 13.4 Å². The number of pyridine rings is 1. The first-order valence-corrected chi connectivity index (χ1v) is 8.82. The molecule has 0 unspecified atom stereocenters. The molecule has 3 rings (SSSR count). The average molecular weight is 331 g/mol. The standard InChI is InChI=1S/C15H13N3O2S2/c1-11-14(12-7-9-16-10-8-12)17-15(21-11)18-22(19,20)13-5-3-2-4-6-13/h2-10H,1H3,(H,17,18). The van der Waals surface area contributed by atoms with Gasteiger partial charge >= 0.3 is 0 Å². The number of hydrogen-bond acceptors (Lipinski definition) is 5. The zero-order valence-electron chi connectivity index (χ0n) is 11.7. The van der Waals surface area contributed by atoms with Crippen LogP contribution in [-0.2, 0) is 10.0 Å². The van der Waals surface area contributed by atoms with Crippen molar-refractivity contribution in [2.45, 2.75) is 11.8 Å². The Morgan fingerprint density at radius 3 is 2.41 bits per heavy atom. The van der Waals surface area contributed by atoms with Crippen LogP contribution in [0.15, 0.2) is 59.8 Å². The molecule has 2 aromatic heterocycles. The maximum absolute atomic E-state index is 12.3. The lowest BCUT2D eigenvalue weighted by atomic mass is 10.2.